The Kier molecular flexibility index (Phi) is 5.58. The Morgan fingerprint density at radius 1 is 0.968 bits per heavy atom. The van der Waals surface area contributed by atoms with Crippen molar-refractivity contribution in [2.75, 3.05) is 11.9 Å². The Labute approximate surface area is 191 Å². The van der Waals surface area contributed by atoms with Gasteiger partial charge in [0.1, 0.15) is 18.2 Å². The van der Waals surface area contributed by atoms with Gasteiger partial charge in [0, 0.05) is 28.6 Å². The monoisotopic (exact) mass is 449 g/mol. The zero-order chi connectivity index (χ0) is 21.2. The van der Waals surface area contributed by atoms with Crippen LogP contribution in [-0.2, 0) is 19.4 Å². The largest absolute Gasteiger partial charge is 0.489 e. The van der Waals surface area contributed by atoms with Crippen molar-refractivity contribution < 1.29 is 4.74 Å². The van der Waals surface area contributed by atoms with Gasteiger partial charge in [0.2, 0.25) is 0 Å². The first-order chi connectivity index (χ1) is 15.2. The van der Waals surface area contributed by atoms with E-state index < -0.39 is 0 Å². The molecule has 31 heavy (non-hydrogen) atoms. The van der Waals surface area contributed by atoms with Crippen molar-refractivity contribution in [2.24, 2.45) is 0 Å². The Morgan fingerprint density at radius 2 is 1.77 bits per heavy atom. The van der Waals surface area contributed by atoms with E-state index in [1.54, 1.807) is 6.07 Å². The molecule has 6 heteroatoms. The molecule has 5 rings (SSSR count). The summed E-state index contributed by atoms with van der Waals surface area (Å²) in [7, 11) is 0. The molecule has 1 aliphatic rings. The average molecular weight is 450 g/mol. The van der Waals surface area contributed by atoms with Gasteiger partial charge in [-0.15, -0.1) is 0 Å². The molecule has 2 heterocycles. The maximum atomic E-state index is 6.40. The lowest BCUT2D eigenvalue weighted by Crippen LogP contribution is -2.05. The van der Waals surface area contributed by atoms with E-state index in [4.69, 9.17) is 33.0 Å². The summed E-state index contributed by atoms with van der Waals surface area (Å²) in [6.07, 6.45) is 1.62. The number of nitrogens with zero attached hydrogens (tertiary/aromatic N) is 2. The summed E-state index contributed by atoms with van der Waals surface area (Å²) < 4.78 is 7.89. The van der Waals surface area contributed by atoms with Crippen LogP contribution in [0.15, 0.2) is 72.8 Å². The highest BCUT2D eigenvalue weighted by molar-refractivity contribution is 6.35. The van der Waals surface area contributed by atoms with E-state index in [-0.39, 0.29) is 0 Å². The number of rotatable bonds is 6. The third kappa shape index (κ3) is 4.27. The van der Waals surface area contributed by atoms with Gasteiger partial charge < -0.3 is 10.1 Å². The molecule has 156 valence electrons. The van der Waals surface area contributed by atoms with Crippen LogP contribution in [0.3, 0.4) is 0 Å². The summed E-state index contributed by atoms with van der Waals surface area (Å²) in [6.45, 7) is 1.46. The number of nitrogens with one attached hydrogen (secondary N) is 1. The molecule has 1 aliphatic heterocycles. The smallest absolute Gasteiger partial charge is 0.133 e. The summed E-state index contributed by atoms with van der Waals surface area (Å²) in [4.78, 5) is 0. The van der Waals surface area contributed by atoms with Crippen LogP contribution in [0.25, 0.3) is 5.69 Å². The van der Waals surface area contributed by atoms with Crippen molar-refractivity contribution in [3.05, 3.63) is 105 Å². The molecule has 0 unspecified atom stereocenters. The zero-order valence-corrected chi connectivity index (χ0v) is 18.3. The lowest BCUT2D eigenvalue weighted by Gasteiger charge is -2.09. The van der Waals surface area contributed by atoms with Crippen LogP contribution < -0.4 is 10.1 Å². The quantitative estimate of drug-likeness (QED) is 0.374. The molecule has 0 saturated carbocycles. The minimum atomic E-state index is 0.547. The van der Waals surface area contributed by atoms with E-state index in [0.29, 0.717) is 23.1 Å². The standard InChI is InChI=1S/C25H21Cl2N3O/c26-19-7-6-18(23(27)15-19)14-24-22-12-13-28-25(22)30(29-24)20-8-10-21(11-9-20)31-16-17-4-2-1-3-5-17/h1-11,15,28H,12-14,16H2. The molecule has 0 fully saturated rings. The highest BCUT2D eigenvalue weighted by Gasteiger charge is 2.23. The van der Waals surface area contributed by atoms with Crippen LogP contribution in [0, 0.1) is 0 Å². The first-order valence-corrected chi connectivity index (χ1v) is 11.0. The van der Waals surface area contributed by atoms with Crippen molar-refractivity contribution in [1.29, 1.82) is 0 Å². The predicted molar refractivity (Wildman–Crippen MR) is 126 cm³/mol. The Balaban J connectivity index is 1.37. The Bertz CT molecular complexity index is 1200. The lowest BCUT2D eigenvalue weighted by atomic mass is 10.1. The number of aromatic nitrogens is 2. The van der Waals surface area contributed by atoms with Crippen LogP contribution in [-0.4, -0.2) is 16.3 Å². The molecule has 4 aromatic rings. The van der Waals surface area contributed by atoms with E-state index in [2.05, 4.69) is 17.4 Å². The topological polar surface area (TPSA) is 39.1 Å². The summed E-state index contributed by atoms with van der Waals surface area (Å²) >= 11 is 12.4. The molecule has 1 N–H and O–H groups in total. The third-order valence-electron chi connectivity index (χ3n) is 5.44. The van der Waals surface area contributed by atoms with Crippen molar-refractivity contribution in [1.82, 2.24) is 9.78 Å². The van der Waals surface area contributed by atoms with Crippen molar-refractivity contribution in [3.63, 3.8) is 0 Å². The minimum Gasteiger partial charge on any atom is -0.489 e. The number of hydrogen-bond acceptors (Lipinski definition) is 3. The van der Waals surface area contributed by atoms with Gasteiger partial charge in [-0.05, 0) is 53.9 Å². The van der Waals surface area contributed by atoms with Gasteiger partial charge in [-0.1, -0.05) is 59.6 Å². The van der Waals surface area contributed by atoms with E-state index in [9.17, 15) is 0 Å². The van der Waals surface area contributed by atoms with E-state index in [1.807, 2.05) is 59.3 Å². The van der Waals surface area contributed by atoms with E-state index in [0.717, 1.165) is 47.0 Å². The molecule has 0 aliphatic carbocycles. The van der Waals surface area contributed by atoms with Crippen LogP contribution in [0.1, 0.15) is 22.4 Å². The molecule has 0 atom stereocenters. The highest BCUT2D eigenvalue weighted by Crippen LogP contribution is 2.32. The number of anilines is 1. The first-order valence-electron chi connectivity index (χ1n) is 10.2. The van der Waals surface area contributed by atoms with Gasteiger partial charge >= 0.3 is 0 Å². The zero-order valence-electron chi connectivity index (χ0n) is 16.8. The fourth-order valence-corrected chi connectivity index (χ4v) is 4.32. The summed E-state index contributed by atoms with van der Waals surface area (Å²) in [5.74, 6) is 1.88. The summed E-state index contributed by atoms with van der Waals surface area (Å²) in [6, 6.07) is 23.8. The molecule has 4 nitrogen and oxygen atoms in total. The predicted octanol–water partition coefficient (Wildman–Crippen LogP) is 6.32. The van der Waals surface area contributed by atoms with Gasteiger partial charge in [0.05, 0.1) is 11.4 Å². The Hall–Kier alpha value is -2.95. The second-order valence-corrected chi connectivity index (χ2v) is 8.39. The number of halogens is 2. The fraction of sp³-hybridized carbons (Fsp3) is 0.160. The molecule has 0 bridgehead atoms. The van der Waals surface area contributed by atoms with Crippen LogP contribution in [0.4, 0.5) is 5.82 Å². The van der Waals surface area contributed by atoms with Gasteiger partial charge in [0.15, 0.2) is 0 Å². The normalized spacial score (nSPS) is 12.5. The minimum absolute atomic E-state index is 0.547. The van der Waals surface area contributed by atoms with Crippen LogP contribution >= 0.6 is 23.2 Å². The fourth-order valence-electron chi connectivity index (χ4n) is 3.84. The summed E-state index contributed by atoms with van der Waals surface area (Å²) in [5.41, 5.74) is 5.44. The van der Waals surface area contributed by atoms with Crippen molar-refractivity contribution in [3.8, 4) is 11.4 Å². The Morgan fingerprint density at radius 3 is 2.55 bits per heavy atom. The first kappa shape index (κ1) is 20.0. The van der Waals surface area contributed by atoms with Crippen molar-refractivity contribution in [2.45, 2.75) is 19.4 Å². The number of fused-ring (bicyclic) bond motifs is 1. The molecule has 0 saturated heterocycles. The summed E-state index contributed by atoms with van der Waals surface area (Å²) in [5, 5.41) is 9.69. The number of hydrogen-bond donors (Lipinski definition) is 1. The molecule has 1 aromatic heterocycles. The SMILES string of the molecule is Clc1ccc(Cc2nn(-c3ccc(OCc4ccccc4)cc3)c3c2CCN3)c(Cl)c1. The number of ether oxygens (including phenoxy) is 1. The van der Waals surface area contributed by atoms with Gasteiger partial charge in [-0.2, -0.15) is 5.10 Å². The molecule has 0 spiro atoms. The number of benzene rings is 3. The maximum absolute atomic E-state index is 6.40. The second kappa shape index (κ2) is 8.66. The lowest BCUT2D eigenvalue weighted by molar-refractivity contribution is 0.306. The molecule has 0 amide bonds. The maximum Gasteiger partial charge on any atom is 0.133 e. The van der Waals surface area contributed by atoms with Crippen molar-refractivity contribution >= 4 is 29.0 Å². The molecular formula is C25H21Cl2N3O. The highest BCUT2D eigenvalue weighted by atomic mass is 35.5. The second-order valence-electron chi connectivity index (χ2n) is 7.54. The average Bonchev–Trinajstić information content (AvgIpc) is 3.39. The third-order valence-corrected chi connectivity index (χ3v) is 6.02. The molecule has 3 aromatic carbocycles. The van der Waals surface area contributed by atoms with E-state index >= 15 is 0 Å². The molecular weight excluding hydrogens is 429 g/mol. The van der Waals surface area contributed by atoms with Gasteiger partial charge in [-0.3, -0.25) is 0 Å². The molecule has 0 radical (unpaired) electrons. The van der Waals surface area contributed by atoms with E-state index in [1.165, 1.54) is 5.56 Å². The van der Waals surface area contributed by atoms with Crippen LogP contribution in [0.5, 0.6) is 5.75 Å². The van der Waals surface area contributed by atoms with Gasteiger partial charge in [0.25, 0.3) is 0 Å². The van der Waals surface area contributed by atoms with Gasteiger partial charge in [-0.25, -0.2) is 4.68 Å². The van der Waals surface area contributed by atoms with Crippen LogP contribution in [0.2, 0.25) is 10.0 Å².